The molecule has 0 unspecified atom stereocenters. The van der Waals surface area contributed by atoms with E-state index in [0.717, 1.165) is 27.8 Å². The number of carbonyl (C=O) groups excluding carboxylic acids is 1. The number of esters is 1. The van der Waals surface area contributed by atoms with E-state index >= 15 is 0 Å². The Labute approximate surface area is 255 Å². The fraction of sp³-hybridized carbons (Fsp3) is 0.118. The summed E-state index contributed by atoms with van der Waals surface area (Å²) in [6.07, 6.45) is 0. The molecule has 4 rings (SSSR count). The zero-order valence-electron chi connectivity index (χ0n) is 23.1. The Kier molecular flexibility index (Phi) is 14.3. The van der Waals surface area contributed by atoms with E-state index in [9.17, 15) is 4.79 Å². The number of ether oxygens (including phenoxy) is 3. The summed E-state index contributed by atoms with van der Waals surface area (Å²) in [7, 11) is 2.99. The van der Waals surface area contributed by atoms with E-state index in [-0.39, 0.29) is 26.6 Å². The molecular weight excluding hydrogens is 695 g/mol. The second kappa shape index (κ2) is 17.6. The molecular formula is C34H32O6Os. The molecule has 41 heavy (non-hydrogen) atoms. The van der Waals surface area contributed by atoms with Gasteiger partial charge in [-0.1, -0.05) is 66.8 Å². The molecule has 4 aromatic carbocycles. The predicted molar refractivity (Wildman–Crippen MR) is 157 cm³/mol. The van der Waals surface area contributed by atoms with Gasteiger partial charge in [0.05, 0.1) is 6.61 Å². The minimum absolute atomic E-state index is 0. The van der Waals surface area contributed by atoms with E-state index in [1.807, 2.05) is 68.4 Å². The second-order valence-electron chi connectivity index (χ2n) is 8.75. The van der Waals surface area contributed by atoms with Crippen LogP contribution in [0.2, 0.25) is 0 Å². The van der Waals surface area contributed by atoms with Crippen LogP contribution in [-0.4, -0.2) is 19.4 Å². The van der Waals surface area contributed by atoms with Crippen molar-refractivity contribution >= 4 is 11.5 Å². The molecule has 6 nitrogen and oxygen atoms in total. The number of carbonyl (C=O) groups is 1. The van der Waals surface area contributed by atoms with Crippen molar-refractivity contribution in [2.24, 2.45) is 0 Å². The Bertz CT molecular complexity index is 1390. The molecule has 212 valence electrons. The van der Waals surface area contributed by atoms with Gasteiger partial charge in [-0.15, -0.1) is 0 Å². The summed E-state index contributed by atoms with van der Waals surface area (Å²) >= 11 is 0. The first kappa shape index (κ1) is 33.2. The van der Waals surface area contributed by atoms with Crippen molar-refractivity contribution in [3.63, 3.8) is 0 Å². The number of hydrogen-bond donors (Lipinski definition) is 0. The third-order valence-corrected chi connectivity index (χ3v) is 5.38. The van der Waals surface area contributed by atoms with Crippen molar-refractivity contribution < 1.29 is 48.6 Å². The molecule has 0 heterocycles. The first-order valence-electron chi connectivity index (χ1n) is 12.4. The number of hydrogen-bond acceptors (Lipinski definition) is 6. The van der Waals surface area contributed by atoms with E-state index in [0.29, 0.717) is 29.4 Å². The van der Waals surface area contributed by atoms with Crippen molar-refractivity contribution in [2.75, 3.05) is 13.4 Å². The molecule has 0 aromatic heterocycles. The molecule has 0 amide bonds. The summed E-state index contributed by atoms with van der Waals surface area (Å²) in [6.45, 7) is 11.8. The second-order valence-corrected chi connectivity index (χ2v) is 8.75. The molecule has 0 spiro atoms. The first-order chi connectivity index (χ1) is 19.4. The van der Waals surface area contributed by atoms with Gasteiger partial charge in [0.1, 0.15) is 17.2 Å². The van der Waals surface area contributed by atoms with E-state index in [1.54, 1.807) is 42.5 Å². The van der Waals surface area contributed by atoms with Gasteiger partial charge < -0.3 is 19.1 Å². The van der Waals surface area contributed by atoms with E-state index < -0.39 is 5.97 Å². The van der Waals surface area contributed by atoms with Crippen molar-refractivity contribution in [3.8, 4) is 28.4 Å². The largest absolute Gasteiger partial charge is 2.00 e. The van der Waals surface area contributed by atoms with Gasteiger partial charge in [-0.25, -0.2) is 4.79 Å². The minimum atomic E-state index is -0.432. The first-order valence-corrected chi connectivity index (χ1v) is 12.4. The summed E-state index contributed by atoms with van der Waals surface area (Å²) in [6, 6.07) is 32.3. The minimum Gasteiger partial charge on any atom is -0.458 e. The van der Waals surface area contributed by atoms with E-state index in [1.165, 1.54) is 0 Å². The monoisotopic (exact) mass is 728 g/mol. The summed E-state index contributed by atoms with van der Waals surface area (Å²) in [5.41, 5.74) is 5.17. The molecule has 4 aromatic rings. The molecule has 0 aliphatic carbocycles. The van der Waals surface area contributed by atoms with Gasteiger partial charge in [-0.3, -0.25) is 4.89 Å². The topological polar surface area (TPSA) is 63.2 Å². The number of rotatable bonds is 11. The summed E-state index contributed by atoms with van der Waals surface area (Å²) in [5, 5.41) is 0. The van der Waals surface area contributed by atoms with Crippen LogP contribution < -0.4 is 14.2 Å². The fourth-order valence-electron chi connectivity index (χ4n) is 3.37. The van der Waals surface area contributed by atoms with Crippen LogP contribution >= 0.6 is 0 Å². The van der Waals surface area contributed by atoms with Gasteiger partial charge in [-0.2, -0.15) is 37.4 Å². The van der Waals surface area contributed by atoms with Crippen molar-refractivity contribution in [3.05, 3.63) is 140 Å². The van der Waals surface area contributed by atoms with Gasteiger partial charge in [0.15, 0.2) is 0 Å². The van der Waals surface area contributed by atoms with Crippen molar-refractivity contribution in [1.29, 1.82) is 0 Å². The Hall–Kier alpha value is -4.01. The average molecular weight is 727 g/mol. The van der Waals surface area contributed by atoms with Gasteiger partial charge in [0.2, 0.25) is 6.79 Å². The fourth-order valence-corrected chi connectivity index (χ4v) is 3.37. The van der Waals surface area contributed by atoms with Crippen LogP contribution in [0.15, 0.2) is 116 Å². The maximum Gasteiger partial charge on any atom is 2.00 e. The number of allylic oxidation sites excluding steroid dienone is 1. The van der Waals surface area contributed by atoms with Gasteiger partial charge in [-0.05, 0) is 60.9 Å². The van der Waals surface area contributed by atoms with Gasteiger partial charge in [0.25, 0.3) is 0 Å². The molecule has 0 bridgehead atoms. The molecule has 0 aliphatic rings. The normalized spacial score (nSPS) is 9.83. The Morgan fingerprint density at radius 2 is 1.49 bits per heavy atom. The van der Waals surface area contributed by atoms with E-state index in [4.69, 9.17) is 14.2 Å². The van der Waals surface area contributed by atoms with Crippen molar-refractivity contribution in [1.82, 2.24) is 0 Å². The third-order valence-electron chi connectivity index (χ3n) is 5.38. The van der Waals surface area contributed by atoms with Crippen LogP contribution in [0.1, 0.15) is 29.8 Å². The molecule has 0 fully saturated rings. The summed E-state index contributed by atoms with van der Waals surface area (Å²) in [4.78, 5) is 20.9. The van der Waals surface area contributed by atoms with Gasteiger partial charge in [0, 0.05) is 5.56 Å². The average Bonchev–Trinajstić information content (AvgIpc) is 2.98. The Morgan fingerprint density at radius 3 is 2.07 bits per heavy atom. The van der Waals surface area contributed by atoms with Crippen LogP contribution in [0.4, 0.5) is 0 Å². The van der Waals surface area contributed by atoms with Crippen LogP contribution in [0.5, 0.6) is 17.2 Å². The van der Waals surface area contributed by atoms with E-state index in [2.05, 4.69) is 36.1 Å². The van der Waals surface area contributed by atoms with Crippen LogP contribution in [-0.2, 0) is 29.6 Å². The standard InChI is InChI=1S/C29H23O4.C5H9O2.Os/c1-21(2)22-13-15-25(16-14-22)31-20-32-28-18-17-26(19-27(28)23-9-5-3-6-10-23)33-29(30)24-11-7-4-8-12-24;1-5(2)4-7-6-3;/h3,5-19H,1,20H2,2H3;1,3-4H2,2H3;/q2*-1;+2. The Morgan fingerprint density at radius 1 is 0.829 bits per heavy atom. The number of benzene rings is 4. The quantitative estimate of drug-likeness (QED) is 0.0296. The molecule has 7 heteroatoms. The summed E-state index contributed by atoms with van der Waals surface area (Å²) in [5.74, 6) is 1.31. The smallest absolute Gasteiger partial charge is 0.458 e. The predicted octanol–water partition coefficient (Wildman–Crippen LogP) is 8.12. The molecule has 0 atom stereocenters. The molecule has 0 saturated heterocycles. The molecule has 0 N–H and O–H groups in total. The van der Waals surface area contributed by atoms with Crippen molar-refractivity contribution in [2.45, 2.75) is 13.8 Å². The molecule has 0 saturated carbocycles. The van der Waals surface area contributed by atoms with Gasteiger partial charge >= 0.3 is 25.8 Å². The summed E-state index contributed by atoms with van der Waals surface area (Å²) < 4.78 is 17.3. The SMILES string of the molecule is C=C(C)COO[CH2-].C=C(C)c1ccc(OCOc2ccc(OC(=O)c3cc[c-]cc3)cc2-c2ccccc2)cc1.[Os+2]. The van der Waals surface area contributed by atoms with Crippen LogP contribution in [0.25, 0.3) is 16.7 Å². The maximum absolute atomic E-state index is 12.4. The zero-order valence-corrected chi connectivity index (χ0v) is 25.6. The molecule has 0 aliphatic heterocycles. The maximum atomic E-state index is 12.4. The third kappa shape index (κ3) is 11.2. The Balaban J connectivity index is 0.000000655. The van der Waals surface area contributed by atoms with Crippen LogP contribution in [0, 0.1) is 13.2 Å². The molecule has 0 radical (unpaired) electrons. The van der Waals surface area contributed by atoms with Crippen LogP contribution in [0.3, 0.4) is 0 Å². The zero-order chi connectivity index (χ0) is 28.7.